The van der Waals surface area contributed by atoms with E-state index < -0.39 is 28.8 Å². The van der Waals surface area contributed by atoms with Gasteiger partial charge in [-0.05, 0) is 40.0 Å². The van der Waals surface area contributed by atoms with Gasteiger partial charge in [-0.15, -0.1) is 5.06 Å². The molecule has 2 fully saturated rings. The first-order valence-corrected chi connectivity index (χ1v) is 12.0. The molecule has 2 aliphatic rings. The van der Waals surface area contributed by atoms with Crippen molar-refractivity contribution in [1.29, 1.82) is 0 Å². The summed E-state index contributed by atoms with van der Waals surface area (Å²) in [7, 11) is 0. The number of nitrogens with zero attached hydrogens (tertiary/aromatic N) is 2. The van der Waals surface area contributed by atoms with Gasteiger partial charge < -0.3 is 14.9 Å². The van der Waals surface area contributed by atoms with Crippen molar-refractivity contribution in [1.82, 2.24) is 15.3 Å². The van der Waals surface area contributed by atoms with E-state index in [-0.39, 0.29) is 81.4 Å². The van der Waals surface area contributed by atoms with Crippen molar-refractivity contribution >= 4 is 35.5 Å². The summed E-state index contributed by atoms with van der Waals surface area (Å²) < 4.78 is 5.84. The minimum absolute atomic E-state index is 0.00515. The normalized spacial score (nSPS) is 19.2. The Hall–Kier alpha value is -2.82. The summed E-state index contributed by atoms with van der Waals surface area (Å²) in [6.45, 7) is 11.0. The number of nitrogens with one attached hydrogen (secondary N) is 1. The van der Waals surface area contributed by atoms with Gasteiger partial charge in [-0.1, -0.05) is 13.8 Å². The largest absolute Gasteiger partial charge is 0.374 e. The number of imide groups is 2. The predicted octanol–water partition coefficient (Wildman–Crippen LogP) is 1.34. The predicted molar refractivity (Wildman–Crippen MR) is 123 cm³/mol. The first-order valence-electron chi connectivity index (χ1n) is 12.0. The fourth-order valence-corrected chi connectivity index (χ4v) is 3.68. The van der Waals surface area contributed by atoms with Crippen LogP contribution in [0.25, 0.3) is 0 Å². The van der Waals surface area contributed by atoms with Crippen molar-refractivity contribution in [2.45, 2.75) is 79.2 Å². The highest BCUT2D eigenvalue weighted by atomic mass is 16.7. The lowest BCUT2D eigenvalue weighted by Gasteiger charge is -2.29. The fourth-order valence-electron chi connectivity index (χ4n) is 3.68. The Balaban J connectivity index is 1.73. The van der Waals surface area contributed by atoms with Gasteiger partial charge in [0.15, 0.2) is 0 Å². The molecule has 1 unspecified atom stereocenters. The Bertz CT molecular complexity index is 864. The van der Waals surface area contributed by atoms with Crippen LogP contribution in [0.2, 0.25) is 0 Å². The molecule has 35 heavy (non-hydrogen) atoms. The zero-order valence-corrected chi connectivity index (χ0v) is 21.5. The number of rotatable bonds is 12. The number of carbonyl (C=O) groups excluding carboxylic acids is 6. The van der Waals surface area contributed by atoms with Crippen LogP contribution in [-0.4, -0.2) is 70.8 Å². The second-order valence-electron chi connectivity index (χ2n) is 10.7. The number of hydrogen-bond donors (Lipinski definition) is 1. The van der Waals surface area contributed by atoms with Crippen molar-refractivity contribution in [2.24, 2.45) is 17.3 Å². The highest BCUT2D eigenvalue weighted by Gasteiger charge is 2.40. The molecular weight excluding hydrogens is 458 g/mol. The molecule has 0 saturated carbocycles. The summed E-state index contributed by atoms with van der Waals surface area (Å²) in [5.41, 5.74) is -1.76. The molecule has 0 aromatic rings. The van der Waals surface area contributed by atoms with Crippen molar-refractivity contribution in [2.75, 3.05) is 19.7 Å². The quantitative estimate of drug-likeness (QED) is 0.400. The van der Waals surface area contributed by atoms with Gasteiger partial charge in [0, 0.05) is 51.3 Å². The van der Waals surface area contributed by atoms with E-state index in [2.05, 4.69) is 5.32 Å². The molecule has 0 bridgehead atoms. The number of amides is 5. The molecule has 11 nitrogen and oxygen atoms in total. The van der Waals surface area contributed by atoms with Crippen molar-refractivity contribution in [3.63, 3.8) is 0 Å². The molecule has 5 amide bonds. The van der Waals surface area contributed by atoms with Crippen molar-refractivity contribution < 1.29 is 38.3 Å². The third kappa shape index (κ3) is 7.58. The molecule has 0 aromatic carbocycles. The molecule has 2 rings (SSSR count). The van der Waals surface area contributed by atoms with E-state index >= 15 is 0 Å². The monoisotopic (exact) mass is 495 g/mol. The second kappa shape index (κ2) is 11.3. The smallest absolute Gasteiger partial charge is 0.338 e. The van der Waals surface area contributed by atoms with Crippen LogP contribution in [0.15, 0.2) is 0 Å². The van der Waals surface area contributed by atoms with Crippen LogP contribution in [0.3, 0.4) is 0 Å². The van der Waals surface area contributed by atoms with Crippen LogP contribution in [0.5, 0.6) is 0 Å². The Kier molecular flexibility index (Phi) is 9.16. The highest BCUT2D eigenvalue weighted by molar-refractivity contribution is 6.04. The molecule has 1 N–H and O–H groups in total. The molecule has 0 radical (unpaired) electrons. The Morgan fingerprint density at radius 2 is 1.63 bits per heavy atom. The average Bonchev–Trinajstić information content (AvgIpc) is 3.23. The summed E-state index contributed by atoms with van der Waals surface area (Å²) in [5, 5.41) is 3.28. The summed E-state index contributed by atoms with van der Waals surface area (Å²) in [6.07, 6.45) is 0.506. The maximum atomic E-state index is 12.4. The third-order valence-electron chi connectivity index (χ3n) is 6.31. The zero-order valence-electron chi connectivity index (χ0n) is 21.5. The summed E-state index contributed by atoms with van der Waals surface area (Å²) in [4.78, 5) is 78.6. The van der Waals surface area contributed by atoms with Gasteiger partial charge >= 0.3 is 5.97 Å². The molecule has 11 heteroatoms. The Labute approximate surface area is 205 Å². The van der Waals surface area contributed by atoms with Crippen LogP contribution in [0, 0.1) is 17.3 Å². The van der Waals surface area contributed by atoms with E-state index in [1.807, 2.05) is 13.8 Å². The first kappa shape index (κ1) is 28.4. The lowest BCUT2D eigenvalue weighted by atomic mass is 9.90. The highest BCUT2D eigenvalue weighted by Crippen LogP contribution is 2.27. The van der Waals surface area contributed by atoms with Gasteiger partial charge in [-0.2, -0.15) is 0 Å². The van der Waals surface area contributed by atoms with Crippen LogP contribution < -0.4 is 5.32 Å². The summed E-state index contributed by atoms with van der Waals surface area (Å²) >= 11 is 0. The van der Waals surface area contributed by atoms with E-state index in [9.17, 15) is 28.8 Å². The molecule has 2 aliphatic heterocycles. The molecule has 1 atom stereocenters. The van der Waals surface area contributed by atoms with E-state index in [1.54, 1.807) is 27.7 Å². The van der Waals surface area contributed by atoms with E-state index in [0.29, 0.717) is 5.06 Å². The molecule has 0 aromatic heterocycles. The fraction of sp³-hybridized carbons (Fsp3) is 0.750. The maximum absolute atomic E-state index is 12.4. The number of ether oxygens (including phenoxy) is 1. The summed E-state index contributed by atoms with van der Waals surface area (Å²) in [6, 6.07) is 0. The Morgan fingerprint density at radius 3 is 2.17 bits per heavy atom. The number of carbonyl (C=O) groups is 6. The lowest BCUT2D eigenvalue weighted by Crippen LogP contribution is -2.43. The molecule has 2 saturated heterocycles. The molecular formula is C24H37N3O8. The van der Waals surface area contributed by atoms with Gasteiger partial charge in [0.25, 0.3) is 11.8 Å². The Morgan fingerprint density at radius 1 is 1.03 bits per heavy atom. The van der Waals surface area contributed by atoms with Gasteiger partial charge in [0.2, 0.25) is 17.7 Å². The number of hydrogen-bond acceptors (Lipinski definition) is 8. The van der Waals surface area contributed by atoms with Gasteiger partial charge in [0.05, 0.1) is 11.0 Å². The van der Waals surface area contributed by atoms with Crippen LogP contribution in [0.1, 0.15) is 73.6 Å². The van der Waals surface area contributed by atoms with Crippen molar-refractivity contribution in [3.05, 3.63) is 0 Å². The average molecular weight is 496 g/mol. The van der Waals surface area contributed by atoms with Crippen LogP contribution >= 0.6 is 0 Å². The standard InChI is InChI=1S/C24H37N3O8/c1-15(2)16-13-20(31)26(21(16)32)11-9-17(28)25-14-24(5,6)34-12-10-23(3,4)22(33)35-27-18(29)7-8-19(27)30/h15-16H,7-14H2,1-6H3,(H,25,28). The minimum Gasteiger partial charge on any atom is -0.374 e. The van der Waals surface area contributed by atoms with Gasteiger partial charge in [0.1, 0.15) is 0 Å². The maximum Gasteiger partial charge on any atom is 0.338 e. The third-order valence-corrected chi connectivity index (χ3v) is 6.31. The van der Waals surface area contributed by atoms with Crippen LogP contribution in [0.4, 0.5) is 0 Å². The molecule has 2 heterocycles. The van der Waals surface area contributed by atoms with E-state index in [4.69, 9.17) is 9.57 Å². The molecule has 0 spiro atoms. The van der Waals surface area contributed by atoms with Gasteiger partial charge in [-0.25, -0.2) is 4.79 Å². The van der Waals surface area contributed by atoms with E-state index in [1.165, 1.54) is 0 Å². The lowest BCUT2D eigenvalue weighted by molar-refractivity contribution is -0.205. The number of likely N-dealkylation sites (tertiary alicyclic amines) is 1. The first-order chi connectivity index (χ1) is 16.1. The number of hydroxylamine groups is 2. The van der Waals surface area contributed by atoms with Gasteiger partial charge in [-0.3, -0.25) is 28.9 Å². The second-order valence-corrected chi connectivity index (χ2v) is 10.7. The molecule has 0 aliphatic carbocycles. The SMILES string of the molecule is CC(C)C1CC(=O)N(CCC(=O)NCC(C)(C)OCCC(C)(C)C(=O)ON2C(=O)CCC2=O)C1=O. The molecule has 196 valence electrons. The zero-order chi connectivity index (χ0) is 26.6. The van der Waals surface area contributed by atoms with Crippen molar-refractivity contribution in [3.8, 4) is 0 Å². The topological polar surface area (TPSA) is 139 Å². The van der Waals surface area contributed by atoms with E-state index in [0.717, 1.165) is 4.90 Å². The minimum atomic E-state index is -1.01. The van der Waals surface area contributed by atoms with Crippen LogP contribution in [-0.2, 0) is 38.3 Å². The summed E-state index contributed by atoms with van der Waals surface area (Å²) in [5.74, 6) is -2.81.